The van der Waals surface area contributed by atoms with Crippen molar-refractivity contribution < 1.29 is 18.3 Å². The van der Waals surface area contributed by atoms with Crippen LogP contribution in [0.4, 0.5) is 0 Å². The van der Waals surface area contributed by atoms with E-state index >= 15 is 0 Å². The number of hydrogen-bond donors (Lipinski definition) is 3. The zero-order valence-corrected chi connectivity index (χ0v) is 10.4. The fourth-order valence-electron chi connectivity index (χ4n) is 0.950. The van der Waals surface area contributed by atoms with Gasteiger partial charge in [0.05, 0.1) is 6.42 Å². The minimum atomic E-state index is -3.54. The third kappa shape index (κ3) is 6.72. The molecule has 0 atom stereocenters. The second kappa shape index (κ2) is 7.55. The number of carbonyl (C=O) groups is 1. The Morgan fingerprint density at radius 3 is 2.50 bits per heavy atom. The minimum absolute atomic E-state index is 0.0311. The van der Waals surface area contributed by atoms with Crippen LogP contribution in [0.25, 0.3) is 0 Å². The summed E-state index contributed by atoms with van der Waals surface area (Å²) in [6, 6.07) is 0. The van der Waals surface area contributed by atoms with Crippen molar-refractivity contribution in [1.29, 1.82) is 0 Å². The van der Waals surface area contributed by atoms with Crippen molar-refractivity contribution in [3.05, 3.63) is 0 Å². The molecule has 0 bridgehead atoms. The Morgan fingerprint density at radius 1 is 1.38 bits per heavy atom. The average Bonchev–Trinajstić information content (AvgIpc) is 2.20. The standard InChI is InChI=1S/C8H19N3O4S/c1-9-5-3-6-10-16(14,15)11(2)7-4-8(12)13/h9-10H,3-7H2,1-2H3,(H,12,13). The van der Waals surface area contributed by atoms with Crippen molar-refractivity contribution in [2.24, 2.45) is 0 Å². The van der Waals surface area contributed by atoms with Crippen molar-refractivity contribution in [2.75, 3.05) is 33.7 Å². The van der Waals surface area contributed by atoms with E-state index in [1.807, 2.05) is 0 Å². The van der Waals surface area contributed by atoms with Crippen LogP contribution in [0, 0.1) is 0 Å². The van der Waals surface area contributed by atoms with E-state index < -0.39 is 16.2 Å². The van der Waals surface area contributed by atoms with Gasteiger partial charge in [-0.3, -0.25) is 4.79 Å². The van der Waals surface area contributed by atoms with Gasteiger partial charge in [-0.2, -0.15) is 12.7 Å². The summed E-state index contributed by atoms with van der Waals surface area (Å²) in [6.07, 6.45) is 0.483. The minimum Gasteiger partial charge on any atom is -0.481 e. The molecular weight excluding hydrogens is 234 g/mol. The number of rotatable bonds is 9. The van der Waals surface area contributed by atoms with Crippen molar-refractivity contribution >= 4 is 16.2 Å². The van der Waals surface area contributed by atoms with Crippen molar-refractivity contribution in [3.63, 3.8) is 0 Å². The predicted molar refractivity (Wildman–Crippen MR) is 60.3 cm³/mol. The topological polar surface area (TPSA) is 98.7 Å². The Balaban J connectivity index is 3.96. The number of carboxylic acids is 1. The maximum Gasteiger partial charge on any atom is 0.304 e. The second-order valence-electron chi connectivity index (χ2n) is 3.32. The predicted octanol–water partition coefficient (Wildman–Crippen LogP) is -1.16. The van der Waals surface area contributed by atoms with Crippen LogP contribution in [-0.2, 0) is 15.0 Å². The molecule has 3 N–H and O–H groups in total. The summed E-state index contributed by atoms with van der Waals surface area (Å²) in [4.78, 5) is 10.3. The molecule has 7 nitrogen and oxygen atoms in total. The van der Waals surface area contributed by atoms with E-state index in [0.29, 0.717) is 13.0 Å². The number of aliphatic carboxylic acids is 1. The molecule has 0 aromatic heterocycles. The summed E-state index contributed by atoms with van der Waals surface area (Å²) in [5.41, 5.74) is 0. The Labute approximate surface area is 96.0 Å². The lowest BCUT2D eigenvalue weighted by Crippen LogP contribution is -2.40. The van der Waals surface area contributed by atoms with Crippen LogP contribution < -0.4 is 10.0 Å². The zero-order chi connectivity index (χ0) is 12.6. The summed E-state index contributed by atoms with van der Waals surface area (Å²) >= 11 is 0. The molecule has 0 unspecified atom stereocenters. The van der Waals surface area contributed by atoms with E-state index in [1.54, 1.807) is 7.05 Å². The van der Waals surface area contributed by atoms with E-state index in [2.05, 4.69) is 10.0 Å². The highest BCUT2D eigenvalue weighted by atomic mass is 32.2. The molecule has 0 fully saturated rings. The molecule has 0 aromatic carbocycles. The number of hydrogen-bond acceptors (Lipinski definition) is 4. The van der Waals surface area contributed by atoms with E-state index in [-0.39, 0.29) is 13.0 Å². The molecule has 0 aliphatic carbocycles. The molecule has 0 aliphatic heterocycles. The third-order valence-corrected chi connectivity index (χ3v) is 3.51. The molecule has 8 heteroatoms. The van der Waals surface area contributed by atoms with Gasteiger partial charge in [0.25, 0.3) is 10.2 Å². The molecule has 0 radical (unpaired) electrons. The Morgan fingerprint density at radius 2 is 2.00 bits per heavy atom. The maximum atomic E-state index is 11.5. The molecule has 96 valence electrons. The molecule has 0 aromatic rings. The Kier molecular flexibility index (Phi) is 7.22. The Hall–Kier alpha value is -0.700. The van der Waals surface area contributed by atoms with Crippen LogP contribution in [0.3, 0.4) is 0 Å². The monoisotopic (exact) mass is 253 g/mol. The summed E-state index contributed by atoms with van der Waals surface area (Å²) < 4.78 is 26.4. The normalized spacial score (nSPS) is 11.9. The van der Waals surface area contributed by atoms with Crippen molar-refractivity contribution in [2.45, 2.75) is 12.8 Å². The fraction of sp³-hybridized carbons (Fsp3) is 0.875. The lowest BCUT2D eigenvalue weighted by molar-refractivity contribution is -0.137. The van der Waals surface area contributed by atoms with Gasteiger partial charge >= 0.3 is 5.97 Å². The van der Waals surface area contributed by atoms with Gasteiger partial charge in [-0.1, -0.05) is 0 Å². The van der Waals surface area contributed by atoms with E-state index in [4.69, 9.17) is 5.11 Å². The van der Waals surface area contributed by atoms with Crippen LogP contribution in [0.5, 0.6) is 0 Å². The van der Waals surface area contributed by atoms with Crippen molar-refractivity contribution in [1.82, 2.24) is 14.3 Å². The van der Waals surface area contributed by atoms with Crippen LogP contribution >= 0.6 is 0 Å². The molecular formula is C8H19N3O4S. The quantitative estimate of drug-likeness (QED) is 0.450. The zero-order valence-electron chi connectivity index (χ0n) is 9.56. The average molecular weight is 253 g/mol. The van der Waals surface area contributed by atoms with E-state index in [9.17, 15) is 13.2 Å². The fourth-order valence-corrected chi connectivity index (χ4v) is 1.90. The smallest absolute Gasteiger partial charge is 0.304 e. The number of nitrogens with zero attached hydrogens (tertiary/aromatic N) is 1. The van der Waals surface area contributed by atoms with Crippen LogP contribution in [-0.4, -0.2) is 57.5 Å². The third-order valence-electron chi connectivity index (χ3n) is 1.94. The summed E-state index contributed by atoms with van der Waals surface area (Å²) in [6.45, 7) is 1.03. The lowest BCUT2D eigenvalue weighted by atomic mass is 10.4. The highest BCUT2D eigenvalue weighted by Gasteiger charge is 2.17. The van der Waals surface area contributed by atoms with Crippen LogP contribution in [0.15, 0.2) is 0 Å². The summed E-state index contributed by atoms with van der Waals surface area (Å²) in [5, 5.41) is 11.3. The molecule has 0 saturated heterocycles. The van der Waals surface area contributed by atoms with E-state index in [0.717, 1.165) is 10.8 Å². The Bertz CT molecular complexity index is 304. The largest absolute Gasteiger partial charge is 0.481 e. The number of carboxylic acid groups (broad SMARTS) is 1. The first-order chi connectivity index (χ1) is 7.40. The first kappa shape index (κ1) is 15.3. The van der Waals surface area contributed by atoms with Gasteiger partial charge in [0.15, 0.2) is 0 Å². The van der Waals surface area contributed by atoms with Gasteiger partial charge in [0.2, 0.25) is 0 Å². The van der Waals surface area contributed by atoms with Gasteiger partial charge in [0.1, 0.15) is 0 Å². The maximum absolute atomic E-state index is 11.5. The van der Waals surface area contributed by atoms with Crippen LogP contribution in [0.1, 0.15) is 12.8 Å². The SMILES string of the molecule is CNCCCNS(=O)(=O)N(C)CCC(=O)O. The van der Waals surface area contributed by atoms with Crippen LogP contribution in [0.2, 0.25) is 0 Å². The van der Waals surface area contributed by atoms with Gasteiger partial charge in [0, 0.05) is 20.1 Å². The highest BCUT2D eigenvalue weighted by molar-refractivity contribution is 7.87. The van der Waals surface area contributed by atoms with E-state index in [1.165, 1.54) is 7.05 Å². The highest BCUT2D eigenvalue weighted by Crippen LogP contribution is 1.95. The molecule has 0 spiro atoms. The van der Waals surface area contributed by atoms with Gasteiger partial charge in [-0.25, -0.2) is 4.72 Å². The van der Waals surface area contributed by atoms with Gasteiger partial charge < -0.3 is 10.4 Å². The second-order valence-corrected chi connectivity index (χ2v) is 5.18. The molecule has 0 amide bonds. The molecule has 0 aliphatic rings. The molecule has 16 heavy (non-hydrogen) atoms. The van der Waals surface area contributed by atoms with Gasteiger partial charge in [-0.15, -0.1) is 0 Å². The number of nitrogens with one attached hydrogen (secondary N) is 2. The molecule has 0 saturated carbocycles. The van der Waals surface area contributed by atoms with Crippen molar-refractivity contribution in [3.8, 4) is 0 Å². The van der Waals surface area contributed by atoms with Gasteiger partial charge in [-0.05, 0) is 20.0 Å². The first-order valence-electron chi connectivity index (χ1n) is 4.97. The molecule has 0 heterocycles. The summed E-state index contributed by atoms with van der Waals surface area (Å²) in [7, 11) is -0.408. The lowest BCUT2D eigenvalue weighted by Gasteiger charge is -2.16. The summed E-state index contributed by atoms with van der Waals surface area (Å²) in [5.74, 6) is -1.02. The first-order valence-corrected chi connectivity index (χ1v) is 6.41. The molecule has 0 rings (SSSR count).